The summed E-state index contributed by atoms with van der Waals surface area (Å²) in [6.45, 7) is 7.29. The van der Waals surface area contributed by atoms with Crippen molar-refractivity contribution in [2.45, 2.75) is 34.2 Å². The highest BCUT2D eigenvalue weighted by Gasteiger charge is 2.15. The molecule has 1 amide bonds. The molecule has 0 saturated heterocycles. The summed E-state index contributed by atoms with van der Waals surface area (Å²) < 4.78 is 1.43. The molecule has 0 spiro atoms. The van der Waals surface area contributed by atoms with Crippen LogP contribution in [0.25, 0.3) is 0 Å². The van der Waals surface area contributed by atoms with E-state index in [-0.39, 0.29) is 28.9 Å². The fourth-order valence-corrected chi connectivity index (χ4v) is 1.22. The molecule has 0 saturated carbocycles. The maximum absolute atomic E-state index is 11.0. The zero-order chi connectivity index (χ0) is 17.5. The van der Waals surface area contributed by atoms with Crippen LogP contribution in [0.4, 0.5) is 5.82 Å². The van der Waals surface area contributed by atoms with Crippen LogP contribution >= 0.6 is 0 Å². The molecule has 5 N–H and O–H groups in total. The van der Waals surface area contributed by atoms with Crippen molar-refractivity contribution in [3.8, 4) is 0 Å². The van der Waals surface area contributed by atoms with E-state index in [0.717, 1.165) is 6.29 Å². The minimum atomic E-state index is -0.575. The fourth-order valence-electron chi connectivity index (χ4n) is 1.22. The van der Waals surface area contributed by atoms with Gasteiger partial charge in [0.2, 0.25) is 0 Å². The van der Waals surface area contributed by atoms with Gasteiger partial charge < -0.3 is 26.7 Å². The van der Waals surface area contributed by atoms with Gasteiger partial charge in [0.25, 0.3) is 5.91 Å². The van der Waals surface area contributed by atoms with Crippen molar-refractivity contribution in [1.29, 1.82) is 10.8 Å². The second kappa shape index (κ2) is 8.06. The summed E-state index contributed by atoms with van der Waals surface area (Å²) in [4.78, 5) is 20.9. The maximum atomic E-state index is 11.0. The Morgan fingerprint density at radius 3 is 2.27 bits per heavy atom. The van der Waals surface area contributed by atoms with E-state index < -0.39 is 5.91 Å². The van der Waals surface area contributed by atoms with Crippen LogP contribution in [0.2, 0.25) is 0 Å². The Morgan fingerprint density at radius 2 is 1.95 bits per heavy atom. The van der Waals surface area contributed by atoms with Crippen LogP contribution in [0.3, 0.4) is 0 Å². The Bertz CT molecular complexity index is 568. The highest BCUT2D eigenvalue weighted by molar-refractivity contribution is 6.38. The topological polar surface area (TPSA) is 138 Å². The number of carbonyl (C=O) groups excluding carboxylic acids is 2. The van der Waals surface area contributed by atoms with Crippen LogP contribution in [-0.2, 0) is 11.3 Å². The first-order chi connectivity index (χ1) is 10.0. The average Bonchev–Trinajstić information content (AvgIpc) is 2.81. The minimum absolute atomic E-state index is 0.135. The number of anilines is 1. The van der Waals surface area contributed by atoms with Crippen LogP contribution in [0, 0.1) is 16.2 Å². The molecule has 1 rings (SSSR count). The monoisotopic (exact) mass is 308 g/mol. The van der Waals surface area contributed by atoms with Gasteiger partial charge in [-0.1, -0.05) is 20.8 Å². The van der Waals surface area contributed by atoms with Gasteiger partial charge in [0.15, 0.2) is 0 Å². The first-order valence-corrected chi connectivity index (χ1v) is 6.66. The molecule has 0 bridgehead atoms. The number of nitrogens with two attached hydrogens (primary N) is 1. The zero-order valence-electron chi connectivity index (χ0n) is 13.7. The molecule has 0 aromatic carbocycles. The quantitative estimate of drug-likeness (QED) is 0.481. The van der Waals surface area contributed by atoms with Gasteiger partial charge in [-0.15, -0.1) is 0 Å². The normalized spacial score (nSPS) is 10.2. The lowest BCUT2D eigenvalue weighted by molar-refractivity contribution is -0.113. The molecule has 8 heteroatoms. The van der Waals surface area contributed by atoms with E-state index in [1.54, 1.807) is 7.05 Å². The molecule has 1 aromatic rings. The average molecular weight is 308 g/mol. The lowest BCUT2D eigenvalue weighted by Gasteiger charge is -2.08. The molecule has 122 valence electrons. The predicted octanol–water partition coefficient (Wildman–Crippen LogP) is 1.31. The smallest absolute Gasteiger partial charge is 0.254 e. The SMILES string of the molecule is CC(C)(C)C=O.CNc1c(C(N)=O)cnn1CC(=N)C(C)=N. The Balaban J connectivity index is 0.000000626. The molecular weight excluding hydrogens is 284 g/mol. The molecule has 0 unspecified atom stereocenters. The summed E-state index contributed by atoms with van der Waals surface area (Å²) in [7, 11) is 1.64. The van der Waals surface area contributed by atoms with Gasteiger partial charge >= 0.3 is 0 Å². The summed E-state index contributed by atoms with van der Waals surface area (Å²) in [6, 6.07) is 0. The molecule has 1 aromatic heterocycles. The van der Waals surface area contributed by atoms with Crippen molar-refractivity contribution in [3.05, 3.63) is 11.8 Å². The van der Waals surface area contributed by atoms with Crippen LogP contribution in [0.5, 0.6) is 0 Å². The minimum Gasteiger partial charge on any atom is -0.373 e. The van der Waals surface area contributed by atoms with Crippen molar-refractivity contribution in [2.24, 2.45) is 11.1 Å². The summed E-state index contributed by atoms with van der Waals surface area (Å²) in [5, 5.41) is 21.6. The van der Waals surface area contributed by atoms with Gasteiger partial charge in [-0.25, -0.2) is 4.68 Å². The second-order valence-corrected chi connectivity index (χ2v) is 5.77. The molecular formula is C14H24N6O2. The first-order valence-electron chi connectivity index (χ1n) is 6.66. The number of primary amides is 1. The number of nitrogens with zero attached hydrogens (tertiary/aromatic N) is 2. The molecule has 8 nitrogen and oxygen atoms in total. The standard InChI is InChI=1S/C9H14N6O.C5H10O/c1-5(10)7(11)4-15-9(13-2)6(3-14-15)8(12)16;1-5(2,3)4-6/h3,10-11,13H,4H2,1-2H3,(H2,12,16);4H,1-3H3. The lowest BCUT2D eigenvalue weighted by atomic mass is 10.0. The van der Waals surface area contributed by atoms with Gasteiger partial charge in [-0.2, -0.15) is 5.10 Å². The van der Waals surface area contributed by atoms with Crippen LogP contribution in [0.15, 0.2) is 6.20 Å². The highest BCUT2D eigenvalue weighted by atomic mass is 16.1. The largest absolute Gasteiger partial charge is 0.373 e. The zero-order valence-corrected chi connectivity index (χ0v) is 13.7. The molecule has 0 aliphatic heterocycles. The third-order valence-corrected chi connectivity index (χ3v) is 2.46. The second-order valence-electron chi connectivity index (χ2n) is 5.77. The Labute approximate surface area is 130 Å². The van der Waals surface area contributed by atoms with Gasteiger partial charge in [0.1, 0.15) is 17.7 Å². The van der Waals surface area contributed by atoms with E-state index in [9.17, 15) is 9.59 Å². The summed E-state index contributed by atoms with van der Waals surface area (Å²) >= 11 is 0. The van der Waals surface area contributed by atoms with E-state index in [4.69, 9.17) is 16.6 Å². The van der Waals surface area contributed by atoms with E-state index in [1.807, 2.05) is 20.8 Å². The number of hydrogen-bond donors (Lipinski definition) is 4. The molecule has 0 aliphatic carbocycles. The maximum Gasteiger partial charge on any atom is 0.254 e. The van der Waals surface area contributed by atoms with Gasteiger partial charge in [0, 0.05) is 12.5 Å². The third-order valence-electron chi connectivity index (χ3n) is 2.46. The summed E-state index contributed by atoms with van der Waals surface area (Å²) in [5.41, 5.74) is 5.60. The summed E-state index contributed by atoms with van der Waals surface area (Å²) in [6.07, 6.45) is 2.29. The number of aldehydes is 1. The van der Waals surface area contributed by atoms with Crippen molar-refractivity contribution in [1.82, 2.24) is 9.78 Å². The van der Waals surface area contributed by atoms with Crippen molar-refractivity contribution >= 4 is 29.4 Å². The molecule has 0 atom stereocenters. The number of rotatable bonds is 5. The molecule has 0 radical (unpaired) electrons. The predicted molar refractivity (Wildman–Crippen MR) is 86.9 cm³/mol. The molecule has 22 heavy (non-hydrogen) atoms. The lowest BCUT2D eigenvalue weighted by Crippen LogP contribution is -2.19. The Hall–Kier alpha value is -2.51. The summed E-state index contributed by atoms with van der Waals surface area (Å²) in [5.74, 6) is -0.118. The number of carbonyl (C=O) groups is 2. The van der Waals surface area contributed by atoms with E-state index in [2.05, 4.69) is 10.4 Å². The number of nitrogens with one attached hydrogen (secondary N) is 3. The van der Waals surface area contributed by atoms with Gasteiger partial charge in [-0.3, -0.25) is 4.79 Å². The fraction of sp³-hybridized carbons (Fsp3) is 0.500. The Morgan fingerprint density at radius 1 is 1.45 bits per heavy atom. The molecule has 0 aliphatic rings. The number of aromatic nitrogens is 2. The van der Waals surface area contributed by atoms with Gasteiger partial charge in [-0.05, 0) is 6.92 Å². The van der Waals surface area contributed by atoms with E-state index in [1.165, 1.54) is 17.8 Å². The van der Waals surface area contributed by atoms with Crippen LogP contribution in [0.1, 0.15) is 38.1 Å². The van der Waals surface area contributed by atoms with E-state index >= 15 is 0 Å². The Kier molecular flexibility index (Phi) is 7.14. The van der Waals surface area contributed by atoms with Crippen molar-refractivity contribution < 1.29 is 9.59 Å². The van der Waals surface area contributed by atoms with Gasteiger partial charge in [0.05, 0.1) is 24.2 Å². The molecule has 0 fully saturated rings. The van der Waals surface area contributed by atoms with Crippen molar-refractivity contribution in [3.63, 3.8) is 0 Å². The highest BCUT2D eigenvalue weighted by Crippen LogP contribution is 2.13. The van der Waals surface area contributed by atoms with Crippen LogP contribution in [-0.4, -0.2) is 40.4 Å². The first kappa shape index (κ1) is 19.5. The number of hydrogen-bond acceptors (Lipinski definition) is 6. The van der Waals surface area contributed by atoms with E-state index in [0.29, 0.717) is 5.82 Å². The number of amides is 1. The third kappa shape index (κ3) is 6.29. The van der Waals surface area contributed by atoms with Crippen LogP contribution < -0.4 is 11.1 Å². The van der Waals surface area contributed by atoms with Crippen molar-refractivity contribution in [2.75, 3.05) is 12.4 Å². The molecule has 1 heterocycles.